The first-order valence-electron chi connectivity index (χ1n) is 7.68. The van der Waals surface area contributed by atoms with Crippen molar-refractivity contribution < 1.29 is 20.1 Å². The maximum atomic E-state index is 9.97. The van der Waals surface area contributed by atoms with Crippen molar-refractivity contribution >= 4 is 0 Å². The standard InChI is InChI=1S/C15H26O4/c16-7-13(8-17)14(18)9-19-15-4-10-1-11(5-15)3-12(2-10)6-15/h10-14,16-18H,1-9H2. The molecule has 0 aromatic heterocycles. The third-order valence-corrected chi connectivity index (χ3v) is 5.56. The molecule has 0 aromatic rings. The van der Waals surface area contributed by atoms with Crippen molar-refractivity contribution in [1.29, 1.82) is 0 Å². The lowest BCUT2D eigenvalue weighted by molar-refractivity contribution is -0.181. The zero-order chi connectivity index (χ0) is 13.5. The van der Waals surface area contributed by atoms with Crippen molar-refractivity contribution in [3.63, 3.8) is 0 Å². The first-order chi connectivity index (χ1) is 9.14. The van der Waals surface area contributed by atoms with E-state index in [1.807, 2.05) is 0 Å². The normalized spacial score (nSPS) is 42.0. The molecule has 3 N–H and O–H groups in total. The molecule has 4 aliphatic rings. The fourth-order valence-corrected chi connectivity index (χ4v) is 4.91. The van der Waals surface area contributed by atoms with Crippen LogP contribution in [0.1, 0.15) is 38.5 Å². The highest BCUT2D eigenvalue weighted by atomic mass is 16.5. The lowest BCUT2D eigenvalue weighted by Crippen LogP contribution is -2.53. The van der Waals surface area contributed by atoms with Crippen molar-refractivity contribution in [3.8, 4) is 0 Å². The van der Waals surface area contributed by atoms with Gasteiger partial charge in [0, 0.05) is 5.92 Å². The number of aliphatic hydroxyl groups is 3. The molecule has 0 radical (unpaired) electrons. The van der Waals surface area contributed by atoms with Gasteiger partial charge in [0.2, 0.25) is 0 Å². The smallest absolute Gasteiger partial charge is 0.0845 e. The Morgan fingerprint density at radius 2 is 1.42 bits per heavy atom. The maximum absolute atomic E-state index is 9.97. The van der Waals surface area contributed by atoms with Gasteiger partial charge in [-0.25, -0.2) is 0 Å². The monoisotopic (exact) mass is 270 g/mol. The van der Waals surface area contributed by atoms with E-state index in [0.29, 0.717) is 0 Å². The molecule has 0 saturated heterocycles. The fourth-order valence-electron chi connectivity index (χ4n) is 4.91. The molecule has 4 fully saturated rings. The van der Waals surface area contributed by atoms with E-state index in [1.165, 1.54) is 19.3 Å². The Hall–Kier alpha value is -0.160. The molecule has 0 aliphatic heterocycles. The summed E-state index contributed by atoms with van der Waals surface area (Å²) in [6, 6.07) is 0. The minimum Gasteiger partial charge on any atom is -0.396 e. The summed E-state index contributed by atoms with van der Waals surface area (Å²) in [7, 11) is 0. The summed E-state index contributed by atoms with van der Waals surface area (Å²) in [5, 5.41) is 28.1. The van der Waals surface area contributed by atoms with E-state index >= 15 is 0 Å². The molecule has 4 saturated carbocycles. The van der Waals surface area contributed by atoms with Gasteiger partial charge in [-0.1, -0.05) is 0 Å². The third kappa shape index (κ3) is 2.68. The lowest BCUT2D eigenvalue weighted by atomic mass is 9.54. The van der Waals surface area contributed by atoms with E-state index in [0.717, 1.165) is 37.0 Å². The summed E-state index contributed by atoms with van der Waals surface area (Å²) >= 11 is 0. The van der Waals surface area contributed by atoms with Gasteiger partial charge in [0.1, 0.15) is 0 Å². The van der Waals surface area contributed by atoms with E-state index in [2.05, 4.69) is 0 Å². The van der Waals surface area contributed by atoms with E-state index in [9.17, 15) is 5.11 Å². The topological polar surface area (TPSA) is 69.9 Å². The van der Waals surface area contributed by atoms with Crippen molar-refractivity contribution in [2.24, 2.45) is 23.7 Å². The highest BCUT2D eigenvalue weighted by molar-refractivity contribution is 5.03. The quantitative estimate of drug-likeness (QED) is 0.671. The Bertz CT molecular complexity index is 278. The van der Waals surface area contributed by atoms with Crippen LogP contribution < -0.4 is 0 Å². The van der Waals surface area contributed by atoms with Crippen LogP contribution in [-0.4, -0.2) is 46.8 Å². The number of hydrogen-bond donors (Lipinski definition) is 3. The van der Waals surface area contributed by atoms with Crippen LogP contribution in [0.25, 0.3) is 0 Å². The van der Waals surface area contributed by atoms with Crippen LogP contribution in [0.4, 0.5) is 0 Å². The summed E-state index contributed by atoms with van der Waals surface area (Å²) in [4.78, 5) is 0. The van der Waals surface area contributed by atoms with Gasteiger partial charge in [-0.15, -0.1) is 0 Å². The molecule has 4 heteroatoms. The largest absolute Gasteiger partial charge is 0.396 e. The van der Waals surface area contributed by atoms with Crippen LogP contribution >= 0.6 is 0 Å². The molecule has 19 heavy (non-hydrogen) atoms. The van der Waals surface area contributed by atoms with E-state index < -0.39 is 12.0 Å². The van der Waals surface area contributed by atoms with Crippen LogP contribution in [0, 0.1) is 23.7 Å². The summed E-state index contributed by atoms with van der Waals surface area (Å²) in [5.74, 6) is 2.01. The molecule has 4 rings (SSSR count). The van der Waals surface area contributed by atoms with Gasteiger partial charge < -0.3 is 20.1 Å². The molecule has 4 bridgehead atoms. The van der Waals surface area contributed by atoms with Crippen molar-refractivity contribution in [1.82, 2.24) is 0 Å². The van der Waals surface area contributed by atoms with Gasteiger partial charge in [-0.05, 0) is 56.3 Å². The second-order valence-corrected chi connectivity index (χ2v) is 7.10. The molecule has 1 unspecified atom stereocenters. The predicted molar refractivity (Wildman–Crippen MR) is 70.5 cm³/mol. The molecule has 0 aromatic carbocycles. The molecule has 0 amide bonds. The van der Waals surface area contributed by atoms with Crippen LogP contribution in [0.3, 0.4) is 0 Å². The SMILES string of the molecule is OCC(CO)C(O)COC12CC3CC(CC(C3)C1)C2. The molecular weight excluding hydrogens is 244 g/mol. The van der Waals surface area contributed by atoms with E-state index in [-0.39, 0.29) is 25.4 Å². The van der Waals surface area contributed by atoms with Crippen molar-refractivity contribution in [2.45, 2.75) is 50.2 Å². The summed E-state index contributed by atoms with van der Waals surface area (Å²) in [6.07, 6.45) is 6.81. The maximum Gasteiger partial charge on any atom is 0.0845 e. The molecule has 1 atom stereocenters. The Balaban J connectivity index is 1.57. The summed E-state index contributed by atoms with van der Waals surface area (Å²) < 4.78 is 6.12. The molecule has 110 valence electrons. The zero-order valence-electron chi connectivity index (χ0n) is 11.5. The average Bonchev–Trinajstić information content (AvgIpc) is 2.36. The molecule has 0 heterocycles. The van der Waals surface area contributed by atoms with Gasteiger partial charge in [0.25, 0.3) is 0 Å². The first kappa shape index (κ1) is 13.8. The molecule has 0 spiro atoms. The molecule has 4 aliphatic carbocycles. The first-order valence-corrected chi connectivity index (χ1v) is 7.68. The highest BCUT2D eigenvalue weighted by Crippen LogP contribution is 2.57. The summed E-state index contributed by atoms with van der Waals surface area (Å²) in [5.41, 5.74) is -0.00874. The number of aliphatic hydroxyl groups excluding tert-OH is 3. The van der Waals surface area contributed by atoms with Gasteiger partial charge >= 0.3 is 0 Å². The van der Waals surface area contributed by atoms with Gasteiger partial charge in [0.05, 0.1) is 31.5 Å². The minimum absolute atomic E-state index is 0.00874. The predicted octanol–water partition coefficient (Wildman–Crippen LogP) is 0.933. The number of rotatable bonds is 6. The average molecular weight is 270 g/mol. The van der Waals surface area contributed by atoms with Crippen molar-refractivity contribution in [3.05, 3.63) is 0 Å². The fraction of sp³-hybridized carbons (Fsp3) is 1.00. The zero-order valence-corrected chi connectivity index (χ0v) is 11.5. The molecule has 4 nitrogen and oxygen atoms in total. The second-order valence-electron chi connectivity index (χ2n) is 7.10. The Kier molecular flexibility index (Phi) is 3.87. The third-order valence-electron chi connectivity index (χ3n) is 5.56. The highest BCUT2D eigenvalue weighted by Gasteiger charge is 2.51. The second kappa shape index (κ2) is 5.32. The lowest BCUT2D eigenvalue weighted by Gasteiger charge is -2.56. The van der Waals surface area contributed by atoms with Crippen LogP contribution in [0.15, 0.2) is 0 Å². The number of hydrogen-bond acceptors (Lipinski definition) is 4. The van der Waals surface area contributed by atoms with E-state index in [4.69, 9.17) is 14.9 Å². The Morgan fingerprint density at radius 3 is 1.84 bits per heavy atom. The van der Waals surface area contributed by atoms with Gasteiger partial charge in [0.15, 0.2) is 0 Å². The number of ether oxygens (including phenoxy) is 1. The van der Waals surface area contributed by atoms with Crippen LogP contribution in [-0.2, 0) is 4.74 Å². The van der Waals surface area contributed by atoms with Crippen LogP contribution in [0.5, 0.6) is 0 Å². The minimum atomic E-state index is -0.761. The van der Waals surface area contributed by atoms with Crippen LogP contribution in [0.2, 0.25) is 0 Å². The Morgan fingerprint density at radius 1 is 0.947 bits per heavy atom. The summed E-state index contributed by atoms with van der Waals surface area (Å²) in [6.45, 7) is -0.137. The molecular formula is C15H26O4. The van der Waals surface area contributed by atoms with Gasteiger partial charge in [-0.3, -0.25) is 0 Å². The Labute approximate surface area is 114 Å². The van der Waals surface area contributed by atoms with E-state index in [1.54, 1.807) is 0 Å². The van der Waals surface area contributed by atoms with Crippen molar-refractivity contribution in [2.75, 3.05) is 19.8 Å². The van der Waals surface area contributed by atoms with Gasteiger partial charge in [-0.2, -0.15) is 0 Å².